The van der Waals surface area contributed by atoms with Gasteiger partial charge in [-0.2, -0.15) is 0 Å². The predicted molar refractivity (Wildman–Crippen MR) is 83.5 cm³/mol. The number of aliphatic carboxylic acids is 2. The summed E-state index contributed by atoms with van der Waals surface area (Å²) in [6, 6.07) is -4.26. The standard InChI is InChI=1S/C13H22N4O9/c14-6(4-18)11(24)17-8(5-19)13(26)16-7(1-2-9(20)21)12(25)15-3-10(22)23/h6-8,18-19H,1-5,14H2,(H,15,25)(H,16,26)(H,17,24)(H,20,21)(H,22,23). The number of amides is 3. The van der Waals surface area contributed by atoms with E-state index in [0.29, 0.717) is 0 Å². The van der Waals surface area contributed by atoms with E-state index in [-0.39, 0.29) is 6.42 Å². The molecule has 0 aliphatic carbocycles. The van der Waals surface area contributed by atoms with Gasteiger partial charge in [-0.1, -0.05) is 0 Å². The van der Waals surface area contributed by atoms with Crippen molar-refractivity contribution in [2.24, 2.45) is 5.73 Å². The van der Waals surface area contributed by atoms with Gasteiger partial charge in [-0.15, -0.1) is 0 Å². The Bertz CT molecular complexity index is 540. The molecule has 13 nitrogen and oxygen atoms in total. The first-order chi connectivity index (χ1) is 12.1. The smallest absolute Gasteiger partial charge is 0.322 e. The number of carbonyl (C=O) groups is 5. The minimum atomic E-state index is -1.51. The van der Waals surface area contributed by atoms with Gasteiger partial charge in [0.2, 0.25) is 17.7 Å². The van der Waals surface area contributed by atoms with Crippen molar-refractivity contribution in [3.8, 4) is 0 Å². The zero-order valence-electron chi connectivity index (χ0n) is 13.7. The average Bonchev–Trinajstić information content (AvgIpc) is 2.59. The third kappa shape index (κ3) is 8.91. The van der Waals surface area contributed by atoms with Crippen molar-refractivity contribution in [2.45, 2.75) is 31.0 Å². The number of rotatable bonds is 12. The number of nitrogens with two attached hydrogens (primary N) is 1. The normalized spacial score (nSPS) is 13.8. The predicted octanol–water partition coefficient (Wildman–Crippen LogP) is -4.67. The van der Waals surface area contributed by atoms with E-state index in [1.807, 2.05) is 10.6 Å². The van der Waals surface area contributed by atoms with Gasteiger partial charge in [0, 0.05) is 6.42 Å². The Balaban J connectivity index is 4.99. The van der Waals surface area contributed by atoms with Crippen molar-refractivity contribution >= 4 is 29.7 Å². The molecule has 26 heavy (non-hydrogen) atoms. The molecular formula is C13H22N4O9. The van der Waals surface area contributed by atoms with Crippen LogP contribution >= 0.6 is 0 Å². The van der Waals surface area contributed by atoms with Crippen LogP contribution in [-0.4, -0.2) is 88.0 Å². The minimum Gasteiger partial charge on any atom is -0.481 e. The molecule has 0 aromatic heterocycles. The zero-order valence-corrected chi connectivity index (χ0v) is 13.7. The molecule has 0 heterocycles. The van der Waals surface area contributed by atoms with Crippen molar-refractivity contribution in [3.63, 3.8) is 0 Å². The largest absolute Gasteiger partial charge is 0.481 e. The minimum absolute atomic E-state index is 0.352. The lowest BCUT2D eigenvalue weighted by Crippen LogP contribution is -2.57. The van der Waals surface area contributed by atoms with Crippen molar-refractivity contribution in [3.05, 3.63) is 0 Å². The van der Waals surface area contributed by atoms with E-state index in [9.17, 15) is 29.1 Å². The fourth-order valence-corrected chi connectivity index (χ4v) is 1.65. The van der Waals surface area contributed by atoms with Crippen LogP contribution in [-0.2, 0) is 24.0 Å². The highest BCUT2D eigenvalue weighted by Gasteiger charge is 2.28. The summed E-state index contributed by atoms with van der Waals surface area (Å²) in [4.78, 5) is 56.7. The van der Waals surface area contributed by atoms with E-state index in [0.717, 1.165) is 0 Å². The van der Waals surface area contributed by atoms with Crippen LogP contribution in [0.15, 0.2) is 0 Å². The van der Waals surface area contributed by atoms with E-state index in [1.54, 1.807) is 0 Å². The third-order valence-electron chi connectivity index (χ3n) is 3.04. The van der Waals surface area contributed by atoms with Crippen LogP contribution in [0.3, 0.4) is 0 Å². The SMILES string of the molecule is NC(CO)C(=O)NC(CO)C(=O)NC(CCC(=O)O)C(=O)NCC(=O)O. The summed E-state index contributed by atoms with van der Waals surface area (Å²) < 4.78 is 0. The highest BCUT2D eigenvalue weighted by Crippen LogP contribution is 2.00. The van der Waals surface area contributed by atoms with Crippen LogP contribution in [0.1, 0.15) is 12.8 Å². The molecule has 148 valence electrons. The number of aliphatic hydroxyl groups excluding tert-OH is 2. The van der Waals surface area contributed by atoms with Crippen LogP contribution in [0.2, 0.25) is 0 Å². The summed E-state index contributed by atoms with van der Waals surface area (Å²) in [5.74, 6) is -5.50. The number of carbonyl (C=O) groups excluding carboxylic acids is 3. The first kappa shape index (κ1) is 23.2. The van der Waals surface area contributed by atoms with Crippen LogP contribution in [0.4, 0.5) is 0 Å². The van der Waals surface area contributed by atoms with Crippen LogP contribution in [0, 0.1) is 0 Å². The molecule has 0 aliphatic heterocycles. The van der Waals surface area contributed by atoms with E-state index >= 15 is 0 Å². The summed E-state index contributed by atoms with van der Waals surface area (Å²) >= 11 is 0. The van der Waals surface area contributed by atoms with E-state index in [1.165, 1.54) is 0 Å². The Morgan fingerprint density at radius 3 is 1.85 bits per heavy atom. The zero-order chi connectivity index (χ0) is 20.3. The number of hydrogen-bond acceptors (Lipinski definition) is 8. The Morgan fingerprint density at radius 2 is 1.38 bits per heavy atom. The van der Waals surface area contributed by atoms with Gasteiger partial charge in [0.05, 0.1) is 13.2 Å². The number of carboxylic acids is 2. The number of aliphatic hydroxyl groups is 2. The monoisotopic (exact) mass is 378 g/mol. The topological polar surface area (TPSA) is 228 Å². The molecule has 0 saturated carbocycles. The van der Waals surface area contributed by atoms with Gasteiger partial charge in [-0.3, -0.25) is 24.0 Å². The molecule has 13 heteroatoms. The molecule has 3 amide bonds. The summed E-state index contributed by atoms with van der Waals surface area (Å²) in [5.41, 5.74) is 5.26. The molecule has 0 aromatic rings. The molecular weight excluding hydrogens is 356 g/mol. The van der Waals surface area contributed by atoms with Crippen LogP contribution in [0.25, 0.3) is 0 Å². The summed E-state index contributed by atoms with van der Waals surface area (Å²) in [6.45, 7) is -2.31. The van der Waals surface area contributed by atoms with Crippen LogP contribution in [0.5, 0.6) is 0 Å². The Hall–Kier alpha value is -2.77. The molecule has 0 aromatic carbocycles. The lowest BCUT2D eigenvalue weighted by atomic mass is 10.1. The average molecular weight is 378 g/mol. The maximum absolute atomic E-state index is 12.1. The molecule has 0 spiro atoms. The Labute approximate surface area is 147 Å². The molecule has 0 fully saturated rings. The Kier molecular flexibility index (Phi) is 10.5. The lowest BCUT2D eigenvalue weighted by Gasteiger charge is -2.22. The number of carboxylic acid groups (broad SMARTS) is 2. The van der Waals surface area contributed by atoms with E-state index in [4.69, 9.17) is 21.1 Å². The molecule has 9 N–H and O–H groups in total. The second-order valence-electron chi connectivity index (χ2n) is 5.14. The maximum Gasteiger partial charge on any atom is 0.322 e. The molecule has 0 rings (SSSR count). The van der Waals surface area contributed by atoms with Crippen molar-refractivity contribution in [2.75, 3.05) is 19.8 Å². The van der Waals surface area contributed by atoms with Gasteiger partial charge in [0.15, 0.2) is 0 Å². The molecule has 3 atom stereocenters. The van der Waals surface area contributed by atoms with Gasteiger partial charge in [-0.05, 0) is 6.42 Å². The number of nitrogens with one attached hydrogen (secondary N) is 3. The van der Waals surface area contributed by atoms with Gasteiger partial charge >= 0.3 is 11.9 Å². The van der Waals surface area contributed by atoms with Gasteiger partial charge < -0.3 is 42.1 Å². The summed E-state index contributed by atoms with van der Waals surface area (Å²) in [7, 11) is 0. The Morgan fingerprint density at radius 1 is 0.808 bits per heavy atom. The molecule has 0 bridgehead atoms. The van der Waals surface area contributed by atoms with Gasteiger partial charge in [0.25, 0.3) is 0 Å². The summed E-state index contributed by atoms with van der Waals surface area (Å²) in [6.07, 6.45) is -0.855. The highest BCUT2D eigenvalue weighted by atomic mass is 16.4. The first-order valence-electron chi connectivity index (χ1n) is 7.41. The molecule has 0 radical (unpaired) electrons. The van der Waals surface area contributed by atoms with E-state index in [2.05, 4.69) is 5.32 Å². The van der Waals surface area contributed by atoms with Crippen molar-refractivity contribution in [1.29, 1.82) is 0 Å². The fraction of sp³-hybridized carbons (Fsp3) is 0.615. The lowest BCUT2D eigenvalue weighted by molar-refractivity contribution is -0.140. The molecule has 0 saturated heterocycles. The fourth-order valence-electron chi connectivity index (χ4n) is 1.65. The summed E-state index contributed by atoms with van der Waals surface area (Å²) in [5, 5.41) is 41.3. The highest BCUT2D eigenvalue weighted by molar-refractivity contribution is 5.93. The second-order valence-corrected chi connectivity index (χ2v) is 5.14. The van der Waals surface area contributed by atoms with Gasteiger partial charge in [-0.25, -0.2) is 0 Å². The maximum atomic E-state index is 12.1. The first-order valence-corrected chi connectivity index (χ1v) is 7.41. The van der Waals surface area contributed by atoms with Gasteiger partial charge in [0.1, 0.15) is 24.7 Å². The quantitative estimate of drug-likeness (QED) is 0.162. The van der Waals surface area contributed by atoms with Crippen LogP contribution < -0.4 is 21.7 Å². The van der Waals surface area contributed by atoms with E-state index < -0.39 is 74.0 Å². The second kappa shape index (κ2) is 11.7. The molecule has 3 unspecified atom stereocenters. The molecule has 0 aliphatic rings. The third-order valence-corrected chi connectivity index (χ3v) is 3.04. The van der Waals surface area contributed by atoms with Crippen molar-refractivity contribution in [1.82, 2.24) is 16.0 Å². The van der Waals surface area contributed by atoms with Crippen molar-refractivity contribution < 1.29 is 44.4 Å². The number of hydrogen-bond donors (Lipinski definition) is 8.